The van der Waals surface area contributed by atoms with Crippen LogP contribution in [0.2, 0.25) is 0 Å². The molecule has 2 aliphatic rings. The second kappa shape index (κ2) is 4.92. The van der Waals surface area contributed by atoms with Crippen molar-refractivity contribution < 1.29 is 15.0 Å². The molecule has 2 aromatic rings. The fraction of sp³-hybridized carbons (Fsp3) is 0.133. The summed E-state index contributed by atoms with van der Waals surface area (Å²) in [5.41, 5.74) is 3.74. The predicted molar refractivity (Wildman–Crippen MR) is 69.1 cm³/mol. The zero-order valence-electron chi connectivity index (χ0n) is 10.1. The van der Waals surface area contributed by atoms with Gasteiger partial charge in [-0.3, -0.25) is 0 Å². The molecule has 0 saturated carbocycles. The topological polar surface area (TPSA) is 57.5 Å². The van der Waals surface area contributed by atoms with E-state index in [4.69, 9.17) is 10.2 Å². The molecule has 0 atom stereocenters. The predicted octanol–water partition coefficient (Wildman–Crippen LogP) is 2.99. The molecule has 0 radical (unpaired) electrons. The first-order chi connectivity index (χ1) is 8.56. The third-order valence-electron chi connectivity index (χ3n) is 2.78. The first-order valence-corrected chi connectivity index (χ1v) is 5.67. The minimum atomic E-state index is -1.11. The third kappa shape index (κ3) is 2.69. The van der Waals surface area contributed by atoms with Crippen molar-refractivity contribution in [3.63, 3.8) is 0 Å². The van der Waals surface area contributed by atoms with E-state index in [1.807, 2.05) is 0 Å². The minimum Gasteiger partial charge on any atom is -0.507 e. The van der Waals surface area contributed by atoms with E-state index < -0.39 is 5.97 Å². The van der Waals surface area contributed by atoms with Gasteiger partial charge in [0.1, 0.15) is 11.3 Å². The van der Waals surface area contributed by atoms with Crippen LogP contribution >= 0.6 is 0 Å². The van der Waals surface area contributed by atoms with Crippen molar-refractivity contribution in [2.45, 2.75) is 13.3 Å². The van der Waals surface area contributed by atoms with Gasteiger partial charge in [0.05, 0.1) is 0 Å². The smallest absolute Gasteiger partial charge is 0.339 e. The summed E-state index contributed by atoms with van der Waals surface area (Å²) in [6.45, 7) is 1.77. The summed E-state index contributed by atoms with van der Waals surface area (Å²) in [7, 11) is 0. The summed E-state index contributed by atoms with van der Waals surface area (Å²) < 4.78 is 0. The Morgan fingerprint density at radius 2 is 1.72 bits per heavy atom. The van der Waals surface area contributed by atoms with Crippen LogP contribution in [0.3, 0.4) is 0 Å². The van der Waals surface area contributed by atoms with Gasteiger partial charge in [0, 0.05) is 0 Å². The molecule has 4 rings (SSSR count). The van der Waals surface area contributed by atoms with Gasteiger partial charge in [-0.05, 0) is 36.6 Å². The highest BCUT2D eigenvalue weighted by atomic mass is 16.4. The van der Waals surface area contributed by atoms with Crippen LogP contribution in [0.15, 0.2) is 42.5 Å². The number of rotatable bonds is 1. The zero-order chi connectivity index (χ0) is 13.1. The van der Waals surface area contributed by atoms with Crippen molar-refractivity contribution >= 4 is 5.97 Å². The van der Waals surface area contributed by atoms with Crippen LogP contribution in [0.4, 0.5) is 0 Å². The molecular weight excluding hydrogens is 228 g/mol. The molecule has 2 aromatic carbocycles. The average Bonchev–Trinajstić information content (AvgIpc) is 2.33. The summed E-state index contributed by atoms with van der Waals surface area (Å²) in [6.07, 6.45) is 1.22. The second-order valence-electron chi connectivity index (χ2n) is 4.32. The molecule has 18 heavy (non-hydrogen) atoms. The number of hydrogen-bond donors (Lipinski definition) is 2. The van der Waals surface area contributed by atoms with E-state index in [0.717, 1.165) is 5.56 Å². The summed E-state index contributed by atoms with van der Waals surface area (Å²) in [5, 5.41) is 17.6. The van der Waals surface area contributed by atoms with Crippen molar-refractivity contribution in [2.24, 2.45) is 0 Å². The number of carboxylic acids is 1. The number of aromatic carboxylic acids is 1. The lowest BCUT2D eigenvalue weighted by molar-refractivity contribution is 0.0693. The van der Waals surface area contributed by atoms with Gasteiger partial charge >= 0.3 is 5.97 Å². The number of carboxylic acid groups (broad SMARTS) is 1. The number of benzene rings is 2. The van der Waals surface area contributed by atoms with Gasteiger partial charge in [-0.25, -0.2) is 4.79 Å². The van der Waals surface area contributed by atoms with Gasteiger partial charge in [0.15, 0.2) is 0 Å². The van der Waals surface area contributed by atoms with Gasteiger partial charge < -0.3 is 10.2 Å². The maximum atomic E-state index is 10.4. The molecule has 92 valence electrons. The van der Waals surface area contributed by atoms with Crippen LogP contribution in [0, 0.1) is 6.92 Å². The van der Waals surface area contributed by atoms with Crippen LogP contribution in [0.25, 0.3) is 0 Å². The molecule has 3 nitrogen and oxygen atoms in total. The van der Waals surface area contributed by atoms with E-state index in [0.29, 0.717) is 0 Å². The molecule has 0 unspecified atom stereocenters. The van der Waals surface area contributed by atoms with Gasteiger partial charge in [-0.1, -0.05) is 35.9 Å². The van der Waals surface area contributed by atoms with Gasteiger partial charge in [-0.15, -0.1) is 0 Å². The van der Waals surface area contributed by atoms with Crippen LogP contribution < -0.4 is 0 Å². The maximum absolute atomic E-state index is 10.4. The fourth-order valence-corrected chi connectivity index (χ4v) is 1.78. The molecule has 0 aliphatic heterocycles. The molecule has 0 spiro atoms. The van der Waals surface area contributed by atoms with Crippen molar-refractivity contribution in [2.75, 3.05) is 0 Å². The Morgan fingerprint density at radius 1 is 1.11 bits per heavy atom. The molecule has 3 heteroatoms. The minimum absolute atomic E-state index is 0.0509. The Labute approximate surface area is 105 Å². The Hall–Kier alpha value is -2.29. The standard InChI is InChI=1S/C8H8O3.C7H6/c1-5-2-3-7(9)6(4-5)8(10)11;1-2-6-4-7(3-1)5-6/h2-4,9H,1H3,(H,10,11);1-4H,5H2. The van der Waals surface area contributed by atoms with Gasteiger partial charge in [0.2, 0.25) is 0 Å². The number of aromatic hydroxyl groups is 1. The lowest BCUT2D eigenvalue weighted by Crippen LogP contribution is -1.97. The Morgan fingerprint density at radius 3 is 2.06 bits per heavy atom. The Kier molecular flexibility index (Phi) is 3.33. The second-order valence-corrected chi connectivity index (χ2v) is 4.32. The third-order valence-corrected chi connectivity index (χ3v) is 2.78. The van der Waals surface area contributed by atoms with Gasteiger partial charge in [0.25, 0.3) is 0 Å². The normalized spacial score (nSPS) is 10.9. The number of hydrogen-bond acceptors (Lipinski definition) is 2. The first-order valence-electron chi connectivity index (χ1n) is 5.67. The highest BCUT2D eigenvalue weighted by Gasteiger charge is 2.07. The van der Waals surface area contributed by atoms with Crippen molar-refractivity contribution in [3.05, 3.63) is 64.7 Å². The van der Waals surface area contributed by atoms with E-state index >= 15 is 0 Å². The van der Waals surface area contributed by atoms with E-state index in [1.165, 1.54) is 29.7 Å². The molecule has 2 N–H and O–H groups in total. The lowest BCUT2D eigenvalue weighted by Gasteiger charge is -2.11. The van der Waals surface area contributed by atoms with E-state index in [-0.39, 0.29) is 11.3 Å². The monoisotopic (exact) mass is 242 g/mol. The molecule has 0 saturated heterocycles. The summed E-state index contributed by atoms with van der Waals surface area (Å²) in [5.74, 6) is -1.30. The van der Waals surface area contributed by atoms with Crippen molar-refractivity contribution in [3.8, 4) is 5.75 Å². The molecule has 0 heterocycles. The largest absolute Gasteiger partial charge is 0.507 e. The van der Waals surface area contributed by atoms with Gasteiger partial charge in [-0.2, -0.15) is 0 Å². The van der Waals surface area contributed by atoms with Crippen molar-refractivity contribution in [1.29, 1.82) is 0 Å². The summed E-state index contributed by atoms with van der Waals surface area (Å²) in [4.78, 5) is 10.4. The highest BCUT2D eigenvalue weighted by Crippen LogP contribution is 2.19. The highest BCUT2D eigenvalue weighted by molar-refractivity contribution is 5.90. The van der Waals surface area contributed by atoms with Crippen LogP contribution in [-0.4, -0.2) is 16.2 Å². The molecule has 0 aromatic heterocycles. The van der Waals surface area contributed by atoms with E-state index in [9.17, 15) is 4.79 Å². The maximum Gasteiger partial charge on any atom is 0.339 e. The number of carbonyl (C=O) groups is 1. The molecule has 2 aliphatic carbocycles. The summed E-state index contributed by atoms with van der Waals surface area (Å²) in [6, 6.07) is 13.1. The van der Waals surface area contributed by atoms with E-state index in [1.54, 1.807) is 13.0 Å². The Bertz CT molecular complexity index is 563. The number of phenols is 1. The Balaban J connectivity index is 0.000000146. The molecule has 2 bridgehead atoms. The zero-order valence-corrected chi connectivity index (χ0v) is 10.1. The molecular formula is C15H14O3. The SMILES string of the molecule is Cc1ccc(O)c(C(=O)O)c1.c1cc2cc(c1)C2. The lowest BCUT2D eigenvalue weighted by atomic mass is 9.94. The van der Waals surface area contributed by atoms with Crippen LogP contribution in [0.5, 0.6) is 5.75 Å². The van der Waals surface area contributed by atoms with Crippen molar-refractivity contribution in [1.82, 2.24) is 0 Å². The average molecular weight is 242 g/mol. The quantitative estimate of drug-likeness (QED) is 0.689. The van der Waals surface area contributed by atoms with Crippen LogP contribution in [-0.2, 0) is 6.42 Å². The number of fused-ring (bicyclic) bond motifs is 2. The number of aryl methyl sites for hydroxylation is 1. The summed E-state index contributed by atoms with van der Waals surface area (Å²) >= 11 is 0. The van der Waals surface area contributed by atoms with E-state index in [2.05, 4.69) is 24.3 Å². The fourth-order valence-electron chi connectivity index (χ4n) is 1.78. The first kappa shape index (κ1) is 12.2. The molecule has 0 amide bonds. The molecule has 0 fully saturated rings. The van der Waals surface area contributed by atoms with Crippen LogP contribution in [0.1, 0.15) is 27.0 Å².